The smallest absolute Gasteiger partial charge is 0.403 e. The molecule has 2 aliphatic rings. The molecule has 126 valence electrons. The number of amides is 1. The van der Waals surface area contributed by atoms with Gasteiger partial charge in [-0.2, -0.15) is 0 Å². The predicted octanol–water partition coefficient (Wildman–Crippen LogP) is 1.97. The van der Waals surface area contributed by atoms with Crippen LogP contribution in [0, 0.1) is 5.92 Å². The molecule has 0 radical (unpaired) electrons. The summed E-state index contributed by atoms with van der Waals surface area (Å²) in [6.07, 6.45) is 3.01. The molecule has 2 saturated heterocycles. The van der Waals surface area contributed by atoms with E-state index >= 15 is 0 Å². The van der Waals surface area contributed by atoms with E-state index < -0.39 is 0 Å². The quantitative estimate of drug-likeness (QED) is 0.762. The van der Waals surface area contributed by atoms with Crippen molar-refractivity contribution in [3.05, 3.63) is 0 Å². The van der Waals surface area contributed by atoms with Gasteiger partial charge in [0.1, 0.15) is 0 Å². The van der Waals surface area contributed by atoms with Crippen LogP contribution >= 0.6 is 0 Å². The summed E-state index contributed by atoms with van der Waals surface area (Å²) in [6.45, 7) is 13.9. The Bertz CT molecular complexity index is 412. The third-order valence-corrected chi connectivity index (χ3v) is 5.54. The topological polar surface area (TPSA) is 59.6 Å². The van der Waals surface area contributed by atoms with E-state index in [-0.39, 0.29) is 29.8 Å². The lowest BCUT2D eigenvalue weighted by Crippen LogP contribution is -2.51. The maximum atomic E-state index is 11.4. The van der Waals surface area contributed by atoms with E-state index in [0.717, 1.165) is 32.3 Å². The molecule has 1 amide bonds. The van der Waals surface area contributed by atoms with E-state index in [9.17, 15) is 4.79 Å². The molecule has 0 aromatic carbocycles. The molecule has 2 rings (SSSR count). The average Bonchev–Trinajstić information content (AvgIpc) is 2.77. The number of nitrogens with one attached hydrogen (secondary N) is 2. The Morgan fingerprint density at radius 3 is 2.36 bits per heavy atom. The number of carbonyl (C=O) groups is 1. The molecular formula is C16H31BN2O3. The van der Waals surface area contributed by atoms with Crippen LogP contribution in [0.15, 0.2) is 0 Å². The maximum absolute atomic E-state index is 11.4. The highest BCUT2D eigenvalue weighted by Crippen LogP contribution is 2.38. The van der Waals surface area contributed by atoms with Crippen LogP contribution in [0.25, 0.3) is 0 Å². The Morgan fingerprint density at radius 1 is 1.23 bits per heavy atom. The predicted molar refractivity (Wildman–Crippen MR) is 88.7 cm³/mol. The summed E-state index contributed by atoms with van der Waals surface area (Å²) in [7, 11) is -0.119. The van der Waals surface area contributed by atoms with Gasteiger partial charge in [0.15, 0.2) is 0 Å². The normalized spacial score (nSPS) is 33.2. The highest BCUT2D eigenvalue weighted by atomic mass is 16.7. The second-order valence-corrected chi connectivity index (χ2v) is 8.04. The molecule has 0 saturated carbocycles. The molecule has 6 heteroatoms. The standard InChI is InChI=1S/C16H31BN2O3/c1-12(20)19-16(6)11-18-10-13(16)8-7-9-17-21-14(2,3)15(4,5)22-17/h13,18H,7-11H2,1-6H3,(H,19,20)/t13?,16-/m0/s1. The van der Waals surface area contributed by atoms with E-state index in [1.807, 2.05) is 0 Å². The largest absolute Gasteiger partial charge is 0.457 e. The van der Waals surface area contributed by atoms with Crippen molar-refractivity contribution in [1.29, 1.82) is 0 Å². The first-order valence-electron chi connectivity index (χ1n) is 8.41. The van der Waals surface area contributed by atoms with Crippen molar-refractivity contribution in [2.45, 2.75) is 77.4 Å². The molecule has 0 bridgehead atoms. The zero-order valence-electron chi connectivity index (χ0n) is 14.9. The van der Waals surface area contributed by atoms with Gasteiger partial charge >= 0.3 is 7.12 Å². The second-order valence-electron chi connectivity index (χ2n) is 8.04. The first-order valence-corrected chi connectivity index (χ1v) is 8.41. The molecule has 2 heterocycles. The number of hydrogen-bond acceptors (Lipinski definition) is 4. The fraction of sp³-hybridized carbons (Fsp3) is 0.938. The van der Waals surface area contributed by atoms with Crippen molar-refractivity contribution in [1.82, 2.24) is 10.6 Å². The zero-order chi connectivity index (χ0) is 16.6. The van der Waals surface area contributed by atoms with Gasteiger partial charge in [0, 0.05) is 20.0 Å². The summed E-state index contributed by atoms with van der Waals surface area (Å²) in [4.78, 5) is 11.4. The lowest BCUT2D eigenvalue weighted by Gasteiger charge is -2.32. The Balaban J connectivity index is 1.81. The molecule has 22 heavy (non-hydrogen) atoms. The monoisotopic (exact) mass is 310 g/mol. The van der Waals surface area contributed by atoms with Gasteiger partial charge in [0.2, 0.25) is 5.91 Å². The summed E-state index contributed by atoms with van der Waals surface area (Å²) >= 11 is 0. The first kappa shape index (κ1) is 17.8. The fourth-order valence-corrected chi connectivity index (χ4v) is 3.46. The van der Waals surface area contributed by atoms with Crippen LogP contribution in [0.1, 0.15) is 54.4 Å². The number of rotatable bonds is 5. The van der Waals surface area contributed by atoms with Crippen molar-refractivity contribution in [2.75, 3.05) is 13.1 Å². The minimum Gasteiger partial charge on any atom is -0.403 e. The van der Waals surface area contributed by atoms with Gasteiger partial charge in [-0.25, -0.2) is 0 Å². The van der Waals surface area contributed by atoms with E-state index in [1.165, 1.54) is 0 Å². The molecule has 2 aliphatic heterocycles. The highest BCUT2D eigenvalue weighted by Gasteiger charge is 2.50. The fourth-order valence-electron chi connectivity index (χ4n) is 3.46. The molecule has 2 N–H and O–H groups in total. The van der Waals surface area contributed by atoms with Crippen LogP contribution < -0.4 is 10.6 Å². The third-order valence-electron chi connectivity index (χ3n) is 5.54. The van der Waals surface area contributed by atoms with Crippen molar-refractivity contribution in [2.24, 2.45) is 5.92 Å². The summed E-state index contributed by atoms with van der Waals surface area (Å²) in [5, 5.41) is 6.50. The lowest BCUT2D eigenvalue weighted by molar-refractivity contribution is -0.121. The summed E-state index contributed by atoms with van der Waals surface area (Å²) in [5.41, 5.74) is -0.643. The molecule has 2 atom stereocenters. The van der Waals surface area contributed by atoms with Gasteiger partial charge in [-0.15, -0.1) is 0 Å². The van der Waals surface area contributed by atoms with Crippen molar-refractivity contribution in [3.8, 4) is 0 Å². The van der Waals surface area contributed by atoms with Crippen molar-refractivity contribution >= 4 is 13.0 Å². The van der Waals surface area contributed by atoms with Crippen LogP contribution in [-0.4, -0.2) is 42.9 Å². The van der Waals surface area contributed by atoms with Crippen molar-refractivity contribution < 1.29 is 14.1 Å². The number of carbonyl (C=O) groups excluding carboxylic acids is 1. The molecule has 0 aromatic heterocycles. The SMILES string of the molecule is CC(=O)N[C@@]1(C)CNCC1CCCB1OC(C)(C)C(C)(C)O1. The van der Waals surface area contributed by atoms with Gasteiger partial charge in [-0.3, -0.25) is 4.79 Å². The van der Waals surface area contributed by atoms with Gasteiger partial charge in [0.25, 0.3) is 0 Å². The highest BCUT2D eigenvalue weighted by molar-refractivity contribution is 6.45. The number of hydrogen-bond donors (Lipinski definition) is 2. The Hall–Kier alpha value is -0.585. The minimum absolute atomic E-state index is 0.0437. The van der Waals surface area contributed by atoms with Crippen LogP contribution in [-0.2, 0) is 14.1 Å². The Kier molecular flexibility index (Phi) is 4.95. The lowest BCUT2D eigenvalue weighted by atomic mass is 9.78. The summed E-state index contributed by atoms with van der Waals surface area (Å²) in [5.74, 6) is 0.501. The maximum Gasteiger partial charge on any atom is 0.457 e. The average molecular weight is 310 g/mol. The van der Waals surface area contributed by atoms with Crippen molar-refractivity contribution in [3.63, 3.8) is 0 Å². The first-order chi connectivity index (χ1) is 10.1. The summed E-state index contributed by atoms with van der Waals surface area (Å²) < 4.78 is 12.1. The third kappa shape index (κ3) is 3.66. The molecule has 5 nitrogen and oxygen atoms in total. The zero-order valence-corrected chi connectivity index (χ0v) is 14.9. The van der Waals surface area contributed by atoms with Crippen LogP contribution in [0.4, 0.5) is 0 Å². The van der Waals surface area contributed by atoms with Gasteiger partial charge in [0.05, 0.1) is 16.7 Å². The van der Waals surface area contributed by atoms with Gasteiger partial charge < -0.3 is 19.9 Å². The minimum atomic E-state index is -0.253. The van der Waals surface area contributed by atoms with Crippen LogP contribution in [0.2, 0.25) is 6.32 Å². The Morgan fingerprint density at radius 2 is 1.82 bits per heavy atom. The molecule has 0 aromatic rings. The van der Waals surface area contributed by atoms with E-state index in [1.54, 1.807) is 6.92 Å². The second kappa shape index (κ2) is 6.14. The van der Waals surface area contributed by atoms with E-state index in [4.69, 9.17) is 9.31 Å². The molecule has 0 spiro atoms. The summed E-state index contributed by atoms with van der Waals surface area (Å²) in [6, 6.07) is 0. The van der Waals surface area contributed by atoms with Gasteiger partial charge in [-0.1, -0.05) is 6.42 Å². The van der Waals surface area contributed by atoms with Crippen LogP contribution in [0.5, 0.6) is 0 Å². The molecular weight excluding hydrogens is 279 g/mol. The van der Waals surface area contributed by atoms with Crippen LogP contribution in [0.3, 0.4) is 0 Å². The van der Waals surface area contributed by atoms with E-state index in [2.05, 4.69) is 45.3 Å². The van der Waals surface area contributed by atoms with E-state index in [0.29, 0.717) is 5.92 Å². The molecule has 1 unspecified atom stereocenters. The van der Waals surface area contributed by atoms with Gasteiger partial charge in [-0.05, 0) is 53.3 Å². The molecule has 0 aliphatic carbocycles. The molecule has 2 fully saturated rings. The Labute approximate surface area is 135 Å².